The van der Waals surface area contributed by atoms with Crippen LogP contribution in [0.25, 0.3) is 0 Å². The molecule has 0 bridgehead atoms. The van der Waals surface area contributed by atoms with Gasteiger partial charge in [-0.25, -0.2) is 4.79 Å². The molecular weight excluding hydrogens is 232 g/mol. The highest BCUT2D eigenvalue weighted by Crippen LogP contribution is 2.04. The van der Waals surface area contributed by atoms with Crippen LogP contribution in [0.3, 0.4) is 0 Å². The molecule has 0 heterocycles. The van der Waals surface area contributed by atoms with E-state index in [2.05, 4.69) is 12.2 Å². The van der Waals surface area contributed by atoms with E-state index in [9.17, 15) is 9.59 Å². The second kappa shape index (κ2) is 9.74. The number of aliphatic carboxylic acids is 1. The molecule has 0 spiro atoms. The summed E-state index contributed by atoms with van der Waals surface area (Å²) in [7, 11) is 1.81. The topological polar surface area (TPSA) is 69.6 Å². The number of carbonyl (C=O) groups excluding carboxylic acids is 1. The van der Waals surface area contributed by atoms with E-state index in [1.165, 1.54) is 0 Å². The van der Waals surface area contributed by atoms with Gasteiger partial charge in [-0.05, 0) is 26.2 Å². The number of hydrogen-bond acceptors (Lipinski definition) is 2. The standard InChI is InChI=1S/C13H26N2O3/c1-4-8-11(2)15(3)13(18)14-10-7-5-6-9-12(16)17/h11H,4-10H2,1-3H3,(H,14,18)(H,16,17). The summed E-state index contributed by atoms with van der Waals surface area (Å²) in [6, 6.07) is 0.205. The van der Waals surface area contributed by atoms with Gasteiger partial charge in [0.1, 0.15) is 0 Å². The minimum absolute atomic E-state index is 0.0471. The predicted molar refractivity (Wildman–Crippen MR) is 71.6 cm³/mol. The monoisotopic (exact) mass is 258 g/mol. The maximum atomic E-state index is 11.7. The average Bonchev–Trinajstić information content (AvgIpc) is 2.32. The maximum Gasteiger partial charge on any atom is 0.317 e. The third-order valence-corrected chi connectivity index (χ3v) is 3.03. The van der Waals surface area contributed by atoms with Crippen LogP contribution >= 0.6 is 0 Å². The zero-order valence-electron chi connectivity index (χ0n) is 11.7. The Morgan fingerprint density at radius 2 is 1.94 bits per heavy atom. The smallest absolute Gasteiger partial charge is 0.317 e. The van der Waals surface area contributed by atoms with Gasteiger partial charge in [-0.1, -0.05) is 19.8 Å². The highest BCUT2D eigenvalue weighted by molar-refractivity contribution is 5.74. The van der Waals surface area contributed by atoms with Crippen molar-refractivity contribution in [1.82, 2.24) is 10.2 Å². The maximum absolute atomic E-state index is 11.7. The fourth-order valence-electron chi connectivity index (χ4n) is 1.71. The molecule has 0 aromatic carbocycles. The Morgan fingerprint density at radius 1 is 1.28 bits per heavy atom. The Hall–Kier alpha value is -1.26. The number of amides is 2. The number of urea groups is 1. The van der Waals surface area contributed by atoms with Crippen molar-refractivity contribution in [3.8, 4) is 0 Å². The number of hydrogen-bond donors (Lipinski definition) is 2. The minimum atomic E-state index is -0.757. The van der Waals surface area contributed by atoms with E-state index in [0.29, 0.717) is 13.0 Å². The molecule has 0 aromatic heterocycles. The summed E-state index contributed by atoms with van der Waals surface area (Å²) in [6.45, 7) is 4.75. The summed E-state index contributed by atoms with van der Waals surface area (Å²) in [5, 5.41) is 11.3. The van der Waals surface area contributed by atoms with E-state index in [1.807, 2.05) is 6.92 Å². The molecule has 0 aliphatic carbocycles. The van der Waals surface area contributed by atoms with Gasteiger partial charge >= 0.3 is 12.0 Å². The highest BCUT2D eigenvalue weighted by Gasteiger charge is 2.13. The lowest BCUT2D eigenvalue weighted by Gasteiger charge is -2.24. The molecule has 0 aliphatic rings. The van der Waals surface area contributed by atoms with Gasteiger partial charge in [0, 0.05) is 26.1 Å². The van der Waals surface area contributed by atoms with Gasteiger partial charge in [0.25, 0.3) is 0 Å². The minimum Gasteiger partial charge on any atom is -0.481 e. The lowest BCUT2D eigenvalue weighted by atomic mass is 10.2. The second-order valence-electron chi connectivity index (χ2n) is 4.68. The van der Waals surface area contributed by atoms with Crippen molar-refractivity contribution in [2.75, 3.05) is 13.6 Å². The van der Waals surface area contributed by atoms with Gasteiger partial charge in [-0.15, -0.1) is 0 Å². The van der Waals surface area contributed by atoms with Crippen LogP contribution < -0.4 is 5.32 Å². The number of unbranched alkanes of at least 4 members (excludes halogenated alkanes) is 2. The van der Waals surface area contributed by atoms with Crippen molar-refractivity contribution >= 4 is 12.0 Å². The van der Waals surface area contributed by atoms with Crippen LogP contribution in [0.5, 0.6) is 0 Å². The number of nitrogens with zero attached hydrogens (tertiary/aromatic N) is 1. The first kappa shape index (κ1) is 16.7. The first-order valence-corrected chi connectivity index (χ1v) is 6.71. The van der Waals surface area contributed by atoms with Crippen LogP contribution in [0, 0.1) is 0 Å². The molecule has 106 valence electrons. The highest BCUT2D eigenvalue weighted by atomic mass is 16.4. The number of carboxylic acid groups (broad SMARTS) is 1. The Morgan fingerprint density at radius 3 is 2.50 bits per heavy atom. The fourth-order valence-corrected chi connectivity index (χ4v) is 1.71. The summed E-state index contributed by atoms with van der Waals surface area (Å²) in [5.74, 6) is -0.757. The third kappa shape index (κ3) is 7.92. The average molecular weight is 258 g/mol. The van der Waals surface area contributed by atoms with Crippen molar-refractivity contribution in [1.29, 1.82) is 0 Å². The van der Waals surface area contributed by atoms with Gasteiger partial charge in [0.15, 0.2) is 0 Å². The third-order valence-electron chi connectivity index (χ3n) is 3.03. The number of nitrogens with one attached hydrogen (secondary N) is 1. The van der Waals surface area contributed by atoms with Crippen molar-refractivity contribution in [2.24, 2.45) is 0 Å². The fraction of sp³-hybridized carbons (Fsp3) is 0.846. The molecule has 5 nitrogen and oxygen atoms in total. The Balaban J connectivity index is 3.60. The number of rotatable bonds is 9. The zero-order valence-corrected chi connectivity index (χ0v) is 11.7. The largest absolute Gasteiger partial charge is 0.481 e. The van der Waals surface area contributed by atoms with E-state index in [1.54, 1.807) is 11.9 Å². The summed E-state index contributed by atoms with van der Waals surface area (Å²) in [6.07, 6.45) is 4.61. The zero-order chi connectivity index (χ0) is 14.0. The first-order chi connectivity index (χ1) is 8.49. The van der Waals surface area contributed by atoms with Crippen LogP contribution in [-0.2, 0) is 4.79 Å². The molecule has 2 N–H and O–H groups in total. The molecule has 0 fully saturated rings. The molecular formula is C13H26N2O3. The summed E-state index contributed by atoms with van der Waals surface area (Å²) >= 11 is 0. The van der Waals surface area contributed by atoms with Crippen molar-refractivity contribution in [3.05, 3.63) is 0 Å². The molecule has 0 radical (unpaired) electrons. The van der Waals surface area contributed by atoms with Crippen LogP contribution in [0.15, 0.2) is 0 Å². The summed E-state index contributed by atoms with van der Waals surface area (Å²) < 4.78 is 0. The molecule has 0 aromatic rings. The van der Waals surface area contributed by atoms with Crippen molar-refractivity contribution < 1.29 is 14.7 Å². The summed E-state index contributed by atoms with van der Waals surface area (Å²) in [4.78, 5) is 23.7. The van der Waals surface area contributed by atoms with E-state index >= 15 is 0 Å². The van der Waals surface area contributed by atoms with Crippen LogP contribution in [0.1, 0.15) is 52.4 Å². The summed E-state index contributed by atoms with van der Waals surface area (Å²) in [5.41, 5.74) is 0. The number of carbonyl (C=O) groups is 2. The van der Waals surface area contributed by atoms with Gasteiger partial charge in [-0.2, -0.15) is 0 Å². The van der Waals surface area contributed by atoms with Gasteiger partial charge in [0.2, 0.25) is 0 Å². The SMILES string of the molecule is CCCC(C)N(C)C(=O)NCCCCCC(=O)O. The molecule has 0 saturated carbocycles. The molecule has 2 amide bonds. The van der Waals surface area contributed by atoms with Gasteiger partial charge < -0.3 is 15.3 Å². The van der Waals surface area contributed by atoms with Crippen LogP contribution in [0.2, 0.25) is 0 Å². The van der Waals surface area contributed by atoms with Crippen LogP contribution in [0.4, 0.5) is 4.79 Å². The van der Waals surface area contributed by atoms with Gasteiger partial charge in [-0.3, -0.25) is 4.79 Å². The molecule has 18 heavy (non-hydrogen) atoms. The van der Waals surface area contributed by atoms with Crippen molar-refractivity contribution in [2.45, 2.75) is 58.4 Å². The second-order valence-corrected chi connectivity index (χ2v) is 4.68. The molecule has 0 rings (SSSR count). The van der Waals surface area contributed by atoms with E-state index in [4.69, 9.17) is 5.11 Å². The predicted octanol–water partition coefficient (Wildman–Crippen LogP) is 2.46. The van der Waals surface area contributed by atoms with E-state index in [0.717, 1.165) is 25.7 Å². The Labute approximate surface area is 110 Å². The lowest BCUT2D eigenvalue weighted by Crippen LogP contribution is -2.42. The van der Waals surface area contributed by atoms with E-state index < -0.39 is 5.97 Å². The molecule has 0 saturated heterocycles. The quantitative estimate of drug-likeness (QED) is 0.624. The van der Waals surface area contributed by atoms with Crippen molar-refractivity contribution in [3.63, 3.8) is 0 Å². The molecule has 1 atom stereocenters. The number of carboxylic acids is 1. The first-order valence-electron chi connectivity index (χ1n) is 6.71. The molecule has 5 heteroatoms. The Kier molecular flexibility index (Phi) is 9.06. The molecule has 1 unspecified atom stereocenters. The normalized spacial score (nSPS) is 11.9. The van der Waals surface area contributed by atoms with E-state index in [-0.39, 0.29) is 18.5 Å². The van der Waals surface area contributed by atoms with Crippen LogP contribution in [-0.4, -0.2) is 41.6 Å². The van der Waals surface area contributed by atoms with Gasteiger partial charge in [0.05, 0.1) is 0 Å². The Bertz CT molecular complexity index is 257. The lowest BCUT2D eigenvalue weighted by molar-refractivity contribution is -0.137. The molecule has 0 aliphatic heterocycles.